The normalized spacial score (nSPS) is 16.7. The summed E-state index contributed by atoms with van der Waals surface area (Å²) in [6.45, 7) is 3.32. The predicted octanol–water partition coefficient (Wildman–Crippen LogP) is 5.42. The minimum Gasteiger partial charge on any atom is -0.457 e. The first-order valence-corrected chi connectivity index (χ1v) is 15.5. The first-order valence-electron chi connectivity index (χ1n) is 15.5. The first-order chi connectivity index (χ1) is 23.1. The maximum absolute atomic E-state index is 14.4. The molecule has 2 saturated heterocycles. The van der Waals surface area contributed by atoms with Gasteiger partial charge in [-0.3, -0.25) is 24.2 Å². The number of imide groups is 1. The van der Waals surface area contributed by atoms with Crippen molar-refractivity contribution in [2.24, 2.45) is 5.92 Å². The van der Waals surface area contributed by atoms with Gasteiger partial charge in [0.2, 0.25) is 5.91 Å². The zero-order chi connectivity index (χ0) is 35.7. The quantitative estimate of drug-likeness (QED) is 0.193. The van der Waals surface area contributed by atoms with Gasteiger partial charge in [0.05, 0.1) is 16.7 Å². The van der Waals surface area contributed by atoms with Crippen molar-refractivity contribution in [1.82, 2.24) is 15.1 Å². The summed E-state index contributed by atoms with van der Waals surface area (Å²) in [4.78, 5) is 69.9. The molecule has 0 aliphatic carbocycles. The van der Waals surface area contributed by atoms with Crippen molar-refractivity contribution in [3.05, 3.63) is 101 Å². The van der Waals surface area contributed by atoms with Crippen LogP contribution in [0.2, 0.25) is 0 Å². The van der Waals surface area contributed by atoms with E-state index >= 15 is 0 Å². The Labute approximate surface area is 279 Å². The molecule has 5 rings (SSSR count). The third-order valence-electron chi connectivity index (χ3n) is 8.84. The van der Waals surface area contributed by atoms with Gasteiger partial charge in [-0.15, -0.1) is 0 Å². The van der Waals surface area contributed by atoms with E-state index in [1.54, 1.807) is 26.0 Å². The highest BCUT2D eigenvalue weighted by Crippen LogP contribution is 2.40. The average Bonchev–Trinajstić information content (AvgIpc) is 3.26. The second kappa shape index (κ2) is 13.7. The van der Waals surface area contributed by atoms with Gasteiger partial charge in [-0.2, -0.15) is 13.2 Å². The van der Waals surface area contributed by atoms with Crippen molar-refractivity contribution in [1.29, 1.82) is 0 Å². The summed E-state index contributed by atoms with van der Waals surface area (Å²) in [5.74, 6) is -4.49. The number of ether oxygens (including phenoxy) is 1. The molecule has 3 aromatic carbocycles. The number of carbonyl (C=O) groups excluding carboxylic acids is 5. The molecular weight excluding hydrogens is 648 g/mol. The maximum Gasteiger partial charge on any atom is 0.416 e. The van der Waals surface area contributed by atoms with Gasteiger partial charge in [0.1, 0.15) is 24.0 Å². The lowest BCUT2D eigenvalue weighted by Crippen LogP contribution is -2.60. The number of alkyl halides is 3. The van der Waals surface area contributed by atoms with Gasteiger partial charge in [0.15, 0.2) is 0 Å². The number of piperidine rings is 1. The number of nitrogens with one attached hydrogen (secondary N) is 1. The Morgan fingerprint density at radius 1 is 0.939 bits per heavy atom. The van der Waals surface area contributed by atoms with Crippen molar-refractivity contribution >= 4 is 35.4 Å². The van der Waals surface area contributed by atoms with Crippen LogP contribution in [0.15, 0.2) is 72.8 Å². The fraction of sp³-hybridized carbons (Fsp3) is 0.343. The Morgan fingerprint density at radius 3 is 2.16 bits per heavy atom. The number of amides is 5. The van der Waals surface area contributed by atoms with Crippen LogP contribution in [0.4, 0.5) is 28.0 Å². The van der Waals surface area contributed by atoms with E-state index in [9.17, 15) is 41.5 Å². The first kappa shape index (κ1) is 35.0. The molecule has 2 heterocycles. The van der Waals surface area contributed by atoms with E-state index in [1.807, 2.05) is 30.3 Å². The number of rotatable bonds is 8. The number of esters is 1. The summed E-state index contributed by atoms with van der Waals surface area (Å²) in [6, 6.07) is 14.9. The molecule has 1 spiro atoms. The molecule has 0 aromatic heterocycles. The number of hydrogen-bond acceptors (Lipinski definition) is 6. The zero-order valence-electron chi connectivity index (χ0n) is 26.9. The van der Waals surface area contributed by atoms with Gasteiger partial charge >= 0.3 is 18.2 Å². The number of nitrogens with zero attached hydrogens (tertiary/aromatic N) is 3. The van der Waals surface area contributed by atoms with E-state index in [4.69, 9.17) is 4.74 Å². The van der Waals surface area contributed by atoms with Gasteiger partial charge in [-0.25, -0.2) is 14.0 Å². The van der Waals surface area contributed by atoms with Crippen LogP contribution in [0.25, 0.3) is 0 Å². The van der Waals surface area contributed by atoms with E-state index in [-0.39, 0.29) is 38.1 Å². The van der Waals surface area contributed by atoms with E-state index in [1.165, 1.54) is 29.0 Å². The van der Waals surface area contributed by atoms with Crippen LogP contribution < -0.4 is 10.2 Å². The molecule has 0 radical (unpaired) electrons. The molecule has 2 aliphatic rings. The second-order valence-corrected chi connectivity index (χ2v) is 12.3. The van der Waals surface area contributed by atoms with Crippen molar-refractivity contribution in [2.45, 2.75) is 51.1 Å². The van der Waals surface area contributed by atoms with E-state index in [0.717, 1.165) is 10.5 Å². The topological polar surface area (TPSA) is 116 Å². The molecule has 2 aliphatic heterocycles. The van der Waals surface area contributed by atoms with Crippen LogP contribution in [-0.4, -0.2) is 71.2 Å². The molecule has 0 saturated carbocycles. The summed E-state index contributed by atoms with van der Waals surface area (Å²) in [5, 5.41) is 2.39. The number of anilines is 1. The minimum absolute atomic E-state index is 0.00307. The number of halogens is 4. The monoisotopic (exact) mass is 682 g/mol. The molecular formula is C35H34F4N4O6. The molecule has 0 bridgehead atoms. The lowest BCUT2D eigenvalue weighted by Gasteiger charge is -2.43. The molecule has 5 amide bonds. The molecule has 14 heteroatoms. The van der Waals surface area contributed by atoms with Crippen LogP contribution in [0.3, 0.4) is 0 Å². The van der Waals surface area contributed by atoms with Crippen LogP contribution in [0.1, 0.15) is 58.5 Å². The number of hydrogen-bond donors (Lipinski definition) is 1. The van der Waals surface area contributed by atoms with Gasteiger partial charge in [0.25, 0.3) is 11.8 Å². The SMILES string of the molecule is CC(C)C(NC(=O)c1cc(C(F)(F)F)ccc1F)C(=O)N1CCC2(CC1)C(=O)N(C)C(=O)N2c1ccc(C(=O)OCc2ccccc2)cc1. The third kappa shape index (κ3) is 6.99. The highest BCUT2D eigenvalue weighted by molar-refractivity contribution is 6.17. The predicted molar refractivity (Wildman–Crippen MR) is 169 cm³/mol. The number of carbonyl (C=O) groups is 5. The summed E-state index contributed by atoms with van der Waals surface area (Å²) in [5.41, 5.74) is -1.99. The standard InChI is InChI=1S/C35H34F4N4O6/c1-21(2)28(40-29(44)26-19-24(35(37,38)39)11-14-27(26)36)30(45)42-17-15-34(16-18-42)32(47)41(3)33(48)43(34)25-12-9-23(10-13-25)31(46)49-20-22-7-5-4-6-8-22/h4-14,19,21,28H,15-18,20H2,1-3H3,(H,40,44). The molecule has 1 N–H and O–H groups in total. The lowest BCUT2D eigenvalue weighted by atomic mass is 9.85. The van der Waals surface area contributed by atoms with Gasteiger partial charge < -0.3 is 15.0 Å². The van der Waals surface area contributed by atoms with Gasteiger partial charge in [-0.05, 0) is 66.8 Å². The van der Waals surface area contributed by atoms with Crippen LogP contribution in [-0.2, 0) is 27.1 Å². The average molecular weight is 683 g/mol. The number of likely N-dealkylation sites (N-methyl/N-ethyl adjacent to an activating group) is 1. The smallest absolute Gasteiger partial charge is 0.416 e. The Kier molecular flexibility index (Phi) is 9.79. The summed E-state index contributed by atoms with van der Waals surface area (Å²) < 4.78 is 59.4. The van der Waals surface area contributed by atoms with Crippen LogP contribution in [0.5, 0.6) is 0 Å². The van der Waals surface area contributed by atoms with E-state index in [0.29, 0.717) is 23.9 Å². The maximum atomic E-state index is 14.4. The Bertz CT molecular complexity index is 1760. The fourth-order valence-electron chi connectivity index (χ4n) is 6.08. The van der Waals surface area contributed by atoms with E-state index in [2.05, 4.69) is 5.32 Å². The summed E-state index contributed by atoms with van der Waals surface area (Å²) in [6.07, 6.45) is -4.73. The lowest BCUT2D eigenvalue weighted by molar-refractivity contribution is -0.139. The minimum atomic E-state index is -4.81. The third-order valence-corrected chi connectivity index (χ3v) is 8.84. The van der Waals surface area contributed by atoms with Crippen molar-refractivity contribution < 1.29 is 46.3 Å². The fourth-order valence-corrected chi connectivity index (χ4v) is 6.08. The Balaban J connectivity index is 1.29. The molecule has 10 nitrogen and oxygen atoms in total. The molecule has 1 unspecified atom stereocenters. The molecule has 49 heavy (non-hydrogen) atoms. The highest BCUT2D eigenvalue weighted by atomic mass is 19.4. The summed E-state index contributed by atoms with van der Waals surface area (Å²) >= 11 is 0. The van der Waals surface area contributed by atoms with Gasteiger partial charge in [0, 0.05) is 25.8 Å². The Hall–Kier alpha value is -5.27. The van der Waals surface area contributed by atoms with Crippen molar-refractivity contribution in [3.8, 4) is 0 Å². The highest BCUT2D eigenvalue weighted by Gasteiger charge is 2.58. The number of likely N-dealkylation sites (tertiary alicyclic amines) is 1. The van der Waals surface area contributed by atoms with Crippen molar-refractivity contribution in [2.75, 3.05) is 25.0 Å². The molecule has 1 atom stereocenters. The van der Waals surface area contributed by atoms with Crippen LogP contribution in [0, 0.1) is 11.7 Å². The second-order valence-electron chi connectivity index (χ2n) is 12.3. The molecule has 2 fully saturated rings. The zero-order valence-corrected chi connectivity index (χ0v) is 26.9. The molecule has 3 aromatic rings. The van der Waals surface area contributed by atoms with Crippen LogP contribution >= 0.6 is 0 Å². The Morgan fingerprint density at radius 2 is 1.57 bits per heavy atom. The van der Waals surface area contributed by atoms with Crippen molar-refractivity contribution in [3.63, 3.8) is 0 Å². The van der Waals surface area contributed by atoms with Gasteiger partial charge in [-0.1, -0.05) is 44.2 Å². The summed E-state index contributed by atoms with van der Waals surface area (Å²) in [7, 11) is 1.36. The molecule has 258 valence electrons. The number of benzene rings is 3. The number of urea groups is 1. The van der Waals surface area contributed by atoms with E-state index < -0.39 is 70.3 Å². The largest absolute Gasteiger partial charge is 0.457 e.